The van der Waals surface area contributed by atoms with E-state index in [0.717, 1.165) is 19.0 Å². The van der Waals surface area contributed by atoms with Crippen LogP contribution in [0.4, 0.5) is 0 Å². The normalized spacial score (nSPS) is 19.1. The van der Waals surface area contributed by atoms with Crippen LogP contribution < -0.4 is 5.32 Å². The van der Waals surface area contributed by atoms with Gasteiger partial charge in [-0.25, -0.2) is 0 Å². The highest BCUT2D eigenvalue weighted by Gasteiger charge is 2.20. The van der Waals surface area contributed by atoms with Gasteiger partial charge in [-0.05, 0) is 44.2 Å². The van der Waals surface area contributed by atoms with Crippen molar-refractivity contribution in [3.63, 3.8) is 0 Å². The zero-order valence-electron chi connectivity index (χ0n) is 10.6. The Balaban J connectivity index is 1.77. The molecular weight excluding hydrogens is 196 g/mol. The van der Waals surface area contributed by atoms with Crippen molar-refractivity contribution in [2.75, 3.05) is 0 Å². The second-order valence-corrected chi connectivity index (χ2v) is 5.06. The molecule has 0 amide bonds. The van der Waals surface area contributed by atoms with E-state index in [-0.39, 0.29) is 0 Å². The molecule has 1 saturated carbocycles. The lowest BCUT2D eigenvalue weighted by Gasteiger charge is -2.20. The molecule has 2 heteroatoms. The van der Waals surface area contributed by atoms with E-state index in [0.29, 0.717) is 6.04 Å². The van der Waals surface area contributed by atoms with Crippen molar-refractivity contribution < 1.29 is 0 Å². The van der Waals surface area contributed by atoms with Crippen molar-refractivity contribution in [1.82, 2.24) is 9.88 Å². The second-order valence-electron chi connectivity index (χ2n) is 5.06. The highest BCUT2D eigenvalue weighted by molar-refractivity contribution is 5.10. The molecular formula is C14H24N2. The molecule has 0 spiro atoms. The first-order valence-corrected chi connectivity index (χ1v) is 6.67. The van der Waals surface area contributed by atoms with Gasteiger partial charge >= 0.3 is 0 Å². The Labute approximate surface area is 99.0 Å². The molecule has 0 saturated heterocycles. The number of nitrogens with one attached hydrogen (secondary N) is 1. The van der Waals surface area contributed by atoms with Gasteiger partial charge in [0.25, 0.3) is 0 Å². The Bertz CT molecular complexity index is 310. The predicted octanol–water partition coefficient (Wildman–Crippen LogP) is 3.18. The molecule has 0 bridgehead atoms. The van der Waals surface area contributed by atoms with E-state index >= 15 is 0 Å². The van der Waals surface area contributed by atoms with Gasteiger partial charge in [-0.1, -0.05) is 12.8 Å². The van der Waals surface area contributed by atoms with Crippen molar-refractivity contribution >= 4 is 0 Å². The van der Waals surface area contributed by atoms with Crippen LogP contribution in [0.15, 0.2) is 18.5 Å². The second kappa shape index (κ2) is 5.53. The minimum atomic E-state index is 0.674. The summed E-state index contributed by atoms with van der Waals surface area (Å²) in [7, 11) is 0. The fraction of sp³-hybridized carbons (Fsp3) is 0.714. The van der Waals surface area contributed by atoms with E-state index < -0.39 is 0 Å². The zero-order valence-corrected chi connectivity index (χ0v) is 10.6. The summed E-state index contributed by atoms with van der Waals surface area (Å²) < 4.78 is 2.23. The van der Waals surface area contributed by atoms with Crippen molar-refractivity contribution in [2.24, 2.45) is 5.92 Å². The maximum Gasteiger partial charge on any atom is 0.0223 e. The first kappa shape index (κ1) is 11.7. The van der Waals surface area contributed by atoms with Crippen molar-refractivity contribution in [3.05, 3.63) is 24.0 Å². The van der Waals surface area contributed by atoms with Gasteiger partial charge in [0.2, 0.25) is 0 Å². The van der Waals surface area contributed by atoms with Crippen LogP contribution in [-0.2, 0) is 13.1 Å². The first-order chi connectivity index (χ1) is 7.79. The number of hydrogen-bond acceptors (Lipinski definition) is 1. The molecule has 0 unspecified atom stereocenters. The lowest BCUT2D eigenvalue weighted by atomic mass is 10.00. The van der Waals surface area contributed by atoms with E-state index in [9.17, 15) is 0 Å². The number of hydrogen-bond donors (Lipinski definition) is 1. The standard InChI is InChI=1S/C14H24N2/c1-3-16-9-8-13(11-16)10-15-12(2)14-6-4-5-7-14/h8-9,11-12,14-15H,3-7,10H2,1-2H3/t12-/m0/s1. The molecule has 0 aliphatic heterocycles. The highest BCUT2D eigenvalue weighted by Crippen LogP contribution is 2.27. The quantitative estimate of drug-likeness (QED) is 0.806. The molecule has 1 atom stereocenters. The molecule has 2 nitrogen and oxygen atoms in total. The van der Waals surface area contributed by atoms with E-state index in [1.165, 1.54) is 31.2 Å². The molecule has 0 radical (unpaired) electrons. The van der Waals surface area contributed by atoms with Gasteiger partial charge in [0, 0.05) is 31.5 Å². The van der Waals surface area contributed by atoms with E-state index in [4.69, 9.17) is 0 Å². The number of aryl methyl sites for hydroxylation is 1. The van der Waals surface area contributed by atoms with E-state index in [2.05, 4.69) is 42.2 Å². The largest absolute Gasteiger partial charge is 0.354 e. The van der Waals surface area contributed by atoms with Crippen molar-refractivity contribution in [1.29, 1.82) is 0 Å². The maximum atomic E-state index is 3.66. The highest BCUT2D eigenvalue weighted by atomic mass is 14.9. The van der Waals surface area contributed by atoms with Gasteiger partial charge in [-0.15, -0.1) is 0 Å². The smallest absolute Gasteiger partial charge is 0.0223 e. The predicted molar refractivity (Wildman–Crippen MR) is 68.4 cm³/mol. The number of aromatic nitrogens is 1. The Morgan fingerprint density at radius 1 is 1.44 bits per heavy atom. The Morgan fingerprint density at radius 3 is 2.81 bits per heavy atom. The van der Waals surface area contributed by atoms with Gasteiger partial charge in [-0.3, -0.25) is 0 Å². The van der Waals surface area contributed by atoms with Crippen LogP contribution in [0.25, 0.3) is 0 Å². The average molecular weight is 220 g/mol. The molecule has 1 heterocycles. The SMILES string of the molecule is CCn1ccc(CN[C@@H](C)C2CCCC2)c1. The van der Waals surface area contributed by atoms with E-state index in [1.54, 1.807) is 0 Å². The Kier molecular flexibility index (Phi) is 4.05. The molecule has 1 aromatic heterocycles. The lowest BCUT2D eigenvalue weighted by Crippen LogP contribution is -2.31. The summed E-state index contributed by atoms with van der Waals surface area (Å²) in [5, 5.41) is 3.66. The van der Waals surface area contributed by atoms with Crippen LogP contribution in [0.2, 0.25) is 0 Å². The third-order valence-corrected chi connectivity index (χ3v) is 3.91. The summed E-state index contributed by atoms with van der Waals surface area (Å²) in [6.45, 7) is 6.61. The first-order valence-electron chi connectivity index (χ1n) is 6.67. The lowest BCUT2D eigenvalue weighted by molar-refractivity contribution is 0.380. The Hall–Kier alpha value is -0.760. The van der Waals surface area contributed by atoms with Gasteiger partial charge in [0.15, 0.2) is 0 Å². The molecule has 2 rings (SSSR count). The summed E-state index contributed by atoms with van der Waals surface area (Å²) in [5.74, 6) is 0.910. The summed E-state index contributed by atoms with van der Waals surface area (Å²) in [5.41, 5.74) is 1.41. The number of nitrogens with zero attached hydrogens (tertiary/aromatic N) is 1. The van der Waals surface area contributed by atoms with Crippen LogP contribution in [0.1, 0.15) is 45.1 Å². The molecule has 16 heavy (non-hydrogen) atoms. The fourth-order valence-corrected chi connectivity index (χ4v) is 2.69. The van der Waals surface area contributed by atoms with Crippen LogP contribution in [0.3, 0.4) is 0 Å². The van der Waals surface area contributed by atoms with Crippen molar-refractivity contribution in [3.8, 4) is 0 Å². The van der Waals surface area contributed by atoms with Crippen LogP contribution in [0.5, 0.6) is 0 Å². The van der Waals surface area contributed by atoms with Gasteiger partial charge in [0.1, 0.15) is 0 Å². The van der Waals surface area contributed by atoms with Crippen molar-refractivity contribution in [2.45, 2.75) is 58.7 Å². The van der Waals surface area contributed by atoms with E-state index in [1.807, 2.05) is 0 Å². The molecule has 1 N–H and O–H groups in total. The minimum Gasteiger partial charge on any atom is -0.354 e. The summed E-state index contributed by atoms with van der Waals surface area (Å²) >= 11 is 0. The maximum absolute atomic E-state index is 3.66. The monoisotopic (exact) mass is 220 g/mol. The Morgan fingerprint density at radius 2 is 2.19 bits per heavy atom. The topological polar surface area (TPSA) is 17.0 Å². The fourth-order valence-electron chi connectivity index (χ4n) is 2.69. The zero-order chi connectivity index (χ0) is 11.4. The molecule has 1 aliphatic carbocycles. The summed E-state index contributed by atoms with van der Waals surface area (Å²) in [6, 6.07) is 2.89. The van der Waals surface area contributed by atoms with Crippen LogP contribution in [0, 0.1) is 5.92 Å². The third-order valence-electron chi connectivity index (χ3n) is 3.91. The third kappa shape index (κ3) is 2.88. The molecule has 1 aliphatic rings. The average Bonchev–Trinajstić information content (AvgIpc) is 2.96. The molecule has 90 valence electrons. The molecule has 1 fully saturated rings. The van der Waals surface area contributed by atoms with Gasteiger partial charge in [0.05, 0.1) is 0 Å². The summed E-state index contributed by atoms with van der Waals surface area (Å²) in [6.07, 6.45) is 10.1. The number of rotatable bonds is 5. The molecule has 1 aromatic rings. The van der Waals surface area contributed by atoms with Crippen LogP contribution >= 0.6 is 0 Å². The minimum absolute atomic E-state index is 0.674. The van der Waals surface area contributed by atoms with Crippen LogP contribution in [-0.4, -0.2) is 10.6 Å². The van der Waals surface area contributed by atoms with Gasteiger partial charge in [-0.2, -0.15) is 0 Å². The van der Waals surface area contributed by atoms with Gasteiger partial charge < -0.3 is 9.88 Å². The summed E-state index contributed by atoms with van der Waals surface area (Å²) in [4.78, 5) is 0. The molecule has 0 aromatic carbocycles.